The van der Waals surface area contributed by atoms with Crippen LogP contribution < -0.4 is 0 Å². The Morgan fingerprint density at radius 1 is 0.724 bits per heavy atom. The van der Waals surface area contributed by atoms with Crippen molar-refractivity contribution in [3.63, 3.8) is 0 Å². The van der Waals surface area contributed by atoms with Gasteiger partial charge >= 0.3 is 0 Å². The minimum absolute atomic E-state index is 0.0526. The van der Waals surface area contributed by atoms with Crippen LogP contribution in [-0.2, 0) is 5.41 Å². The van der Waals surface area contributed by atoms with E-state index in [9.17, 15) is 0 Å². The summed E-state index contributed by atoms with van der Waals surface area (Å²) in [5.41, 5.74) is 5.09. The van der Waals surface area contributed by atoms with Crippen LogP contribution in [0.25, 0.3) is 0 Å². The van der Waals surface area contributed by atoms with Gasteiger partial charge in [0.1, 0.15) is 0 Å². The molecular weight excluding hydrogens is 368 g/mol. The topological polar surface area (TPSA) is 0 Å². The van der Waals surface area contributed by atoms with Crippen molar-refractivity contribution in [2.45, 2.75) is 47.0 Å². The van der Waals surface area contributed by atoms with Crippen LogP contribution in [-0.4, -0.2) is 0 Å². The molecule has 0 N–H and O–H groups in total. The van der Waals surface area contributed by atoms with Crippen molar-refractivity contribution in [3.05, 3.63) is 117 Å². The Labute approximate surface area is 181 Å². The second-order valence-corrected chi connectivity index (χ2v) is 9.77. The van der Waals surface area contributed by atoms with Crippen LogP contribution in [0, 0.1) is 5.41 Å². The molecule has 1 heterocycles. The monoisotopic (exact) mass is 400 g/mol. The molecule has 0 saturated carbocycles. The molecule has 0 radical (unpaired) electrons. The van der Waals surface area contributed by atoms with Gasteiger partial charge in [-0.05, 0) is 58.3 Å². The van der Waals surface area contributed by atoms with Gasteiger partial charge in [0, 0.05) is 0 Å². The van der Waals surface area contributed by atoms with Gasteiger partial charge in [-0.1, -0.05) is 118 Å². The van der Waals surface area contributed by atoms with E-state index in [1.807, 2.05) is 11.8 Å². The van der Waals surface area contributed by atoms with Gasteiger partial charge in [0.15, 0.2) is 0 Å². The number of hydrogen-bond donors (Lipinski definition) is 0. The molecule has 2 aromatic rings. The summed E-state index contributed by atoms with van der Waals surface area (Å²) in [4.78, 5) is 2.81. The number of rotatable bonds is 4. The summed E-state index contributed by atoms with van der Waals surface area (Å²) in [7, 11) is 0. The molecule has 0 bridgehead atoms. The van der Waals surface area contributed by atoms with Gasteiger partial charge in [-0.3, -0.25) is 0 Å². The summed E-state index contributed by atoms with van der Waals surface area (Å²) in [5.74, 6) is 0. The molecule has 0 aliphatic carbocycles. The molecule has 0 saturated heterocycles. The second-order valence-electron chi connectivity index (χ2n) is 8.55. The maximum absolute atomic E-state index is 2.34. The summed E-state index contributed by atoms with van der Waals surface area (Å²) in [6.07, 6.45) is 9.01. The number of benzene rings is 2. The van der Waals surface area contributed by atoms with Crippen molar-refractivity contribution < 1.29 is 0 Å². The Balaban J connectivity index is 2.57. The molecule has 0 atom stereocenters. The third-order valence-electron chi connectivity index (χ3n) is 5.45. The summed E-state index contributed by atoms with van der Waals surface area (Å²) in [6, 6.07) is 22.0. The molecule has 0 spiro atoms. The molecule has 0 unspecified atom stereocenters. The van der Waals surface area contributed by atoms with E-state index in [4.69, 9.17) is 0 Å². The lowest BCUT2D eigenvalue weighted by Gasteiger charge is -2.45. The van der Waals surface area contributed by atoms with Crippen LogP contribution in [0.4, 0.5) is 0 Å². The zero-order valence-electron chi connectivity index (χ0n) is 18.5. The third-order valence-corrected chi connectivity index (χ3v) is 7.01. The van der Waals surface area contributed by atoms with Crippen molar-refractivity contribution in [3.8, 4) is 0 Å². The van der Waals surface area contributed by atoms with E-state index < -0.39 is 0 Å². The van der Waals surface area contributed by atoms with Crippen LogP contribution in [0.2, 0.25) is 0 Å². The summed E-state index contributed by atoms with van der Waals surface area (Å²) < 4.78 is 0. The zero-order chi connectivity index (χ0) is 21.1. The highest BCUT2D eigenvalue weighted by atomic mass is 32.2. The fraction of sp³-hybridized carbons (Fsp3) is 0.286. The number of hydrogen-bond acceptors (Lipinski definition) is 1. The lowest BCUT2D eigenvalue weighted by Crippen LogP contribution is -2.36. The van der Waals surface area contributed by atoms with Gasteiger partial charge in [-0.25, -0.2) is 0 Å². The van der Waals surface area contributed by atoms with Crippen molar-refractivity contribution in [2.24, 2.45) is 5.41 Å². The van der Waals surface area contributed by atoms with Gasteiger partial charge in [-0.15, -0.1) is 0 Å². The normalized spacial score (nSPS) is 17.6. The van der Waals surface area contributed by atoms with Crippen molar-refractivity contribution in [1.29, 1.82) is 0 Å². The van der Waals surface area contributed by atoms with E-state index in [1.54, 1.807) is 0 Å². The molecule has 0 fully saturated rings. The molecule has 1 heteroatoms. The molecule has 1 aliphatic rings. The lowest BCUT2D eigenvalue weighted by molar-refractivity contribution is 0.519. The van der Waals surface area contributed by atoms with Crippen molar-refractivity contribution >= 4 is 11.8 Å². The average Bonchev–Trinajstić information content (AvgIpc) is 2.71. The predicted molar refractivity (Wildman–Crippen MR) is 130 cm³/mol. The first-order chi connectivity index (χ1) is 13.9. The second kappa shape index (κ2) is 8.63. The van der Waals surface area contributed by atoms with Crippen molar-refractivity contribution in [2.75, 3.05) is 0 Å². The lowest BCUT2D eigenvalue weighted by atomic mass is 9.62. The van der Waals surface area contributed by atoms with E-state index in [0.29, 0.717) is 0 Å². The minimum atomic E-state index is -0.334. The highest BCUT2D eigenvalue weighted by Crippen LogP contribution is 2.58. The fourth-order valence-corrected chi connectivity index (χ4v) is 5.62. The van der Waals surface area contributed by atoms with Gasteiger partial charge in [0.2, 0.25) is 0 Å². The standard InChI is InChI=1S/C28H32S/c1-7-15-24-21(3)29-26(27(4,5)6)25(16-8-2)28(24,22-17-11-9-12-18-22)23-19-13-10-14-20-23/h7-20H,1-6H3/b15-7-,16-8-. The molecule has 2 aromatic carbocycles. The maximum Gasteiger partial charge on any atom is 0.0716 e. The first kappa shape index (κ1) is 21.5. The van der Waals surface area contributed by atoms with Gasteiger partial charge in [0.05, 0.1) is 5.41 Å². The third kappa shape index (κ3) is 3.81. The van der Waals surface area contributed by atoms with Gasteiger partial charge < -0.3 is 0 Å². The quantitative estimate of drug-likeness (QED) is 0.496. The van der Waals surface area contributed by atoms with E-state index in [1.165, 1.54) is 32.1 Å². The average molecular weight is 401 g/mol. The molecule has 0 aromatic heterocycles. The predicted octanol–water partition coefficient (Wildman–Crippen LogP) is 8.45. The highest BCUT2D eigenvalue weighted by Gasteiger charge is 2.46. The molecular formula is C28H32S. The summed E-state index contributed by atoms with van der Waals surface area (Å²) >= 11 is 1.94. The largest absolute Gasteiger partial charge is 0.0981 e. The zero-order valence-corrected chi connectivity index (χ0v) is 19.3. The van der Waals surface area contributed by atoms with E-state index in [2.05, 4.69) is 127 Å². The van der Waals surface area contributed by atoms with Crippen LogP contribution in [0.5, 0.6) is 0 Å². The van der Waals surface area contributed by atoms with E-state index in [-0.39, 0.29) is 10.8 Å². The Kier molecular flexibility index (Phi) is 6.39. The molecule has 1 aliphatic heterocycles. The molecule has 3 rings (SSSR count). The Morgan fingerprint density at radius 2 is 1.17 bits per heavy atom. The fourth-order valence-electron chi connectivity index (χ4n) is 4.34. The smallest absolute Gasteiger partial charge is 0.0716 e. The molecule has 0 nitrogen and oxygen atoms in total. The molecule has 0 amide bonds. The Bertz CT molecular complexity index is 924. The van der Waals surface area contributed by atoms with Crippen LogP contribution in [0.1, 0.15) is 52.7 Å². The Morgan fingerprint density at radius 3 is 1.59 bits per heavy atom. The van der Waals surface area contributed by atoms with Gasteiger partial charge in [-0.2, -0.15) is 0 Å². The van der Waals surface area contributed by atoms with Crippen LogP contribution in [0.3, 0.4) is 0 Å². The first-order valence-corrected chi connectivity index (χ1v) is 11.2. The van der Waals surface area contributed by atoms with Crippen LogP contribution >= 0.6 is 11.8 Å². The minimum Gasteiger partial charge on any atom is -0.0981 e. The first-order valence-electron chi connectivity index (χ1n) is 10.4. The molecule has 29 heavy (non-hydrogen) atoms. The van der Waals surface area contributed by atoms with E-state index in [0.717, 1.165) is 0 Å². The maximum atomic E-state index is 2.34. The molecule has 150 valence electrons. The van der Waals surface area contributed by atoms with Crippen molar-refractivity contribution in [1.82, 2.24) is 0 Å². The Hall–Kier alpha value is -2.25. The van der Waals surface area contributed by atoms with E-state index >= 15 is 0 Å². The van der Waals surface area contributed by atoms with Crippen LogP contribution in [0.15, 0.2) is 106 Å². The summed E-state index contributed by atoms with van der Waals surface area (Å²) in [5, 5.41) is 0. The highest BCUT2D eigenvalue weighted by molar-refractivity contribution is 8.06. The van der Waals surface area contributed by atoms with Gasteiger partial charge in [0.25, 0.3) is 0 Å². The SMILES string of the molecule is C/C=C\C1=C(C)SC(C(C)(C)C)=C(/C=C\C)C1(c1ccccc1)c1ccccc1. The summed E-state index contributed by atoms with van der Waals surface area (Å²) in [6.45, 7) is 13.5. The number of thioether (sulfide) groups is 1. The number of allylic oxidation sites excluding steroid dienone is 8.